The first-order chi connectivity index (χ1) is 7.38. The van der Waals surface area contributed by atoms with Gasteiger partial charge in [0.2, 0.25) is 0 Å². The Kier molecular flexibility index (Phi) is 2.34. The van der Waals surface area contributed by atoms with Gasteiger partial charge in [0, 0.05) is 6.20 Å². The van der Waals surface area contributed by atoms with Gasteiger partial charge in [-0.15, -0.1) is 11.3 Å². The van der Waals surface area contributed by atoms with Crippen LogP contribution in [0.5, 0.6) is 0 Å². The van der Waals surface area contributed by atoms with Crippen molar-refractivity contribution < 1.29 is 23.1 Å². The fraction of sp³-hybridized carbons (Fsp3) is 0.111. The van der Waals surface area contributed by atoms with E-state index in [4.69, 9.17) is 5.11 Å². The first kappa shape index (κ1) is 10.9. The summed E-state index contributed by atoms with van der Waals surface area (Å²) in [6, 6.07) is 2.15. The van der Waals surface area contributed by atoms with Gasteiger partial charge in [-0.05, 0) is 12.1 Å². The third-order valence-corrected chi connectivity index (χ3v) is 2.97. The second-order valence-electron chi connectivity index (χ2n) is 3.02. The largest absolute Gasteiger partial charge is 0.477 e. The van der Waals surface area contributed by atoms with Crippen LogP contribution in [0.1, 0.15) is 15.2 Å². The Morgan fingerprint density at radius 3 is 2.62 bits per heavy atom. The molecule has 0 aromatic carbocycles. The molecule has 0 saturated heterocycles. The van der Waals surface area contributed by atoms with Gasteiger partial charge >= 0.3 is 12.1 Å². The molecule has 0 fully saturated rings. The molecular weight excluding hydrogens is 243 g/mol. The molecule has 2 aromatic rings. The molecule has 0 aliphatic rings. The maximum atomic E-state index is 12.3. The van der Waals surface area contributed by atoms with E-state index >= 15 is 0 Å². The zero-order valence-corrected chi connectivity index (χ0v) is 8.39. The number of carboxylic acid groups (broad SMARTS) is 1. The van der Waals surface area contributed by atoms with Crippen molar-refractivity contribution in [3.05, 3.63) is 28.8 Å². The molecule has 84 valence electrons. The van der Waals surface area contributed by atoms with E-state index < -0.39 is 17.7 Å². The molecule has 2 heterocycles. The van der Waals surface area contributed by atoms with Gasteiger partial charge < -0.3 is 5.11 Å². The van der Waals surface area contributed by atoms with Crippen LogP contribution in [0.2, 0.25) is 0 Å². The standard InChI is InChI=1S/C9H4F3NO2S/c10-9(11,12)4-1-6-5(13-3-4)2-7(16-6)8(14)15/h1-3H,(H,14,15). The van der Waals surface area contributed by atoms with Crippen molar-refractivity contribution in [2.24, 2.45) is 0 Å². The number of thiophene rings is 1. The zero-order chi connectivity index (χ0) is 11.9. The first-order valence-electron chi connectivity index (χ1n) is 4.08. The van der Waals surface area contributed by atoms with Crippen LogP contribution in [0.3, 0.4) is 0 Å². The number of hydrogen-bond donors (Lipinski definition) is 1. The number of halogens is 3. The van der Waals surface area contributed by atoms with Crippen LogP contribution in [0.4, 0.5) is 13.2 Å². The molecule has 16 heavy (non-hydrogen) atoms. The van der Waals surface area contributed by atoms with Gasteiger partial charge in [-0.25, -0.2) is 4.79 Å². The lowest BCUT2D eigenvalue weighted by molar-refractivity contribution is -0.137. The Hall–Kier alpha value is -1.63. The second kappa shape index (κ2) is 3.44. The van der Waals surface area contributed by atoms with Crippen LogP contribution < -0.4 is 0 Å². The van der Waals surface area contributed by atoms with Crippen molar-refractivity contribution in [1.82, 2.24) is 4.98 Å². The number of nitrogens with zero attached hydrogens (tertiary/aromatic N) is 1. The highest BCUT2D eigenvalue weighted by Gasteiger charge is 2.31. The average molecular weight is 247 g/mol. The molecule has 2 rings (SSSR count). The van der Waals surface area contributed by atoms with Gasteiger partial charge in [0.05, 0.1) is 15.8 Å². The van der Waals surface area contributed by atoms with Crippen LogP contribution in [-0.4, -0.2) is 16.1 Å². The number of carbonyl (C=O) groups is 1. The van der Waals surface area contributed by atoms with Crippen LogP contribution in [0, 0.1) is 0 Å². The number of rotatable bonds is 1. The summed E-state index contributed by atoms with van der Waals surface area (Å²) in [6.07, 6.45) is -3.77. The Morgan fingerprint density at radius 2 is 2.06 bits per heavy atom. The van der Waals surface area contributed by atoms with Gasteiger partial charge in [-0.1, -0.05) is 0 Å². The fourth-order valence-corrected chi connectivity index (χ4v) is 2.07. The molecule has 2 aromatic heterocycles. The van der Waals surface area contributed by atoms with Crippen LogP contribution in [-0.2, 0) is 6.18 Å². The maximum absolute atomic E-state index is 12.3. The van der Waals surface area contributed by atoms with Crippen molar-refractivity contribution >= 4 is 27.5 Å². The van der Waals surface area contributed by atoms with Gasteiger partial charge in [0.15, 0.2) is 0 Å². The molecule has 0 amide bonds. The quantitative estimate of drug-likeness (QED) is 0.842. The number of aromatic carboxylic acids is 1. The van der Waals surface area contributed by atoms with E-state index in [2.05, 4.69) is 4.98 Å². The number of alkyl halides is 3. The van der Waals surface area contributed by atoms with E-state index in [-0.39, 0.29) is 15.1 Å². The van der Waals surface area contributed by atoms with E-state index in [0.717, 1.165) is 17.4 Å². The summed E-state index contributed by atoms with van der Waals surface area (Å²) in [5.41, 5.74) is -0.616. The topological polar surface area (TPSA) is 50.2 Å². The number of aromatic nitrogens is 1. The number of pyridine rings is 1. The Balaban J connectivity index is 2.58. The minimum absolute atomic E-state index is 0.0261. The van der Waals surface area contributed by atoms with Crippen LogP contribution >= 0.6 is 11.3 Å². The third-order valence-electron chi connectivity index (χ3n) is 1.91. The molecular formula is C9H4F3NO2S. The number of fused-ring (bicyclic) bond motifs is 1. The monoisotopic (exact) mass is 247 g/mol. The number of hydrogen-bond acceptors (Lipinski definition) is 3. The molecule has 0 radical (unpaired) electrons. The molecule has 0 unspecified atom stereocenters. The predicted molar refractivity (Wildman–Crippen MR) is 51.6 cm³/mol. The lowest BCUT2D eigenvalue weighted by Gasteiger charge is -2.04. The van der Waals surface area contributed by atoms with Gasteiger partial charge in [-0.2, -0.15) is 13.2 Å². The summed E-state index contributed by atoms with van der Waals surface area (Å²) in [5.74, 6) is -1.17. The molecule has 0 spiro atoms. The first-order valence-corrected chi connectivity index (χ1v) is 4.89. The van der Waals surface area contributed by atoms with E-state index in [9.17, 15) is 18.0 Å². The number of carboxylic acids is 1. The second-order valence-corrected chi connectivity index (χ2v) is 4.10. The van der Waals surface area contributed by atoms with Gasteiger partial charge in [0.25, 0.3) is 0 Å². The summed E-state index contributed by atoms with van der Waals surface area (Å²) in [5, 5.41) is 8.68. The summed E-state index contributed by atoms with van der Waals surface area (Å²) in [4.78, 5) is 14.2. The summed E-state index contributed by atoms with van der Waals surface area (Å²) < 4.78 is 37.2. The molecule has 0 saturated carbocycles. The molecule has 0 atom stereocenters. The summed E-state index contributed by atoms with van der Waals surface area (Å²) >= 11 is 0.774. The highest BCUT2D eigenvalue weighted by Crippen LogP contribution is 2.32. The van der Waals surface area contributed by atoms with Crippen molar-refractivity contribution in [2.75, 3.05) is 0 Å². The minimum Gasteiger partial charge on any atom is -0.477 e. The third kappa shape index (κ3) is 1.85. The predicted octanol–water partition coefficient (Wildman–Crippen LogP) is 3.01. The Morgan fingerprint density at radius 1 is 1.38 bits per heavy atom. The normalized spacial score (nSPS) is 11.9. The highest BCUT2D eigenvalue weighted by molar-refractivity contribution is 7.20. The lowest BCUT2D eigenvalue weighted by Crippen LogP contribution is -2.04. The maximum Gasteiger partial charge on any atom is 0.417 e. The highest BCUT2D eigenvalue weighted by atomic mass is 32.1. The van der Waals surface area contributed by atoms with Gasteiger partial charge in [0.1, 0.15) is 4.88 Å². The SMILES string of the molecule is O=C(O)c1cc2ncc(C(F)(F)F)cc2s1. The van der Waals surface area contributed by atoms with Crippen LogP contribution in [0.15, 0.2) is 18.3 Å². The molecule has 0 aliphatic carbocycles. The molecule has 7 heteroatoms. The van der Waals surface area contributed by atoms with E-state index in [1.807, 2.05) is 0 Å². The van der Waals surface area contributed by atoms with E-state index in [1.54, 1.807) is 0 Å². The van der Waals surface area contributed by atoms with Crippen LogP contribution in [0.25, 0.3) is 10.2 Å². The zero-order valence-electron chi connectivity index (χ0n) is 7.58. The van der Waals surface area contributed by atoms with E-state index in [0.29, 0.717) is 6.20 Å². The average Bonchev–Trinajstić information content (AvgIpc) is 2.58. The summed E-state index contributed by atoms with van der Waals surface area (Å²) in [7, 11) is 0. The minimum atomic E-state index is -4.46. The van der Waals surface area contributed by atoms with Crippen molar-refractivity contribution in [3.8, 4) is 0 Å². The Labute approximate surface area is 91.2 Å². The van der Waals surface area contributed by atoms with Crippen molar-refractivity contribution in [3.63, 3.8) is 0 Å². The molecule has 0 bridgehead atoms. The lowest BCUT2D eigenvalue weighted by atomic mass is 10.2. The van der Waals surface area contributed by atoms with Crippen molar-refractivity contribution in [1.29, 1.82) is 0 Å². The smallest absolute Gasteiger partial charge is 0.417 e. The fourth-order valence-electron chi connectivity index (χ4n) is 1.18. The van der Waals surface area contributed by atoms with Gasteiger partial charge in [-0.3, -0.25) is 4.98 Å². The molecule has 1 N–H and O–H groups in total. The molecule has 3 nitrogen and oxygen atoms in total. The van der Waals surface area contributed by atoms with Crippen molar-refractivity contribution in [2.45, 2.75) is 6.18 Å². The van der Waals surface area contributed by atoms with E-state index in [1.165, 1.54) is 6.07 Å². The summed E-state index contributed by atoms with van der Waals surface area (Å²) in [6.45, 7) is 0. The molecule has 0 aliphatic heterocycles. The Bertz CT molecular complexity index is 561.